The van der Waals surface area contributed by atoms with Gasteiger partial charge in [0.2, 0.25) is 0 Å². The van der Waals surface area contributed by atoms with E-state index in [1.807, 2.05) is 92.7 Å². The van der Waals surface area contributed by atoms with E-state index in [1.165, 1.54) is 0 Å². The first-order valence-corrected chi connectivity index (χ1v) is 13.7. The van der Waals surface area contributed by atoms with Crippen LogP contribution in [0.1, 0.15) is 55.6 Å². The van der Waals surface area contributed by atoms with Crippen molar-refractivity contribution in [3.05, 3.63) is 147 Å². The Morgan fingerprint density at radius 2 is 0.829 bits per heavy atom. The molecule has 0 radical (unpaired) electrons. The third-order valence-corrected chi connectivity index (χ3v) is 7.68. The Kier molecular flexibility index (Phi) is 7.88. The van der Waals surface area contributed by atoms with E-state index in [4.69, 9.17) is 0 Å². The molecule has 41 heavy (non-hydrogen) atoms. The lowest BCUT2D eigenvalue weighted by molar-refractivity contribution is 0.456. The summed E-state index contributed by atoms with van der Waals surface area (Å²) in [6.07, 6.45) is 1.72. The van der Waals surface area contributed by atoms with Gasteiger partial charge < -0.3 is 25.5 Å². The Morgan fingerprint density at radius 1 is 0.390 bits per heavy atom. The Labute approximate surface area is 240 Å². The van der Waals surface area contributed by atoms with E-state index in [9.17, 15) is 25.5 Å². The molecule has 0 heterocycles. The summed E-state index contributed by atoms with van der Waals surface area (Å²) >= 11 is 0. The van der Waals surface area contributed by atoms with Crippen LogP contribution in [0.15, 0.2) is 91.0 Å². The highest BCUT2D eigenvalue weighted by Gasteiger charge is 2.15. The second-order valence-electron chi connectivity index (χ2n) is 10.7. The minimum atomic E-state index is 0.135. The minimum Gasteiger partial charge on any atom is -0.508 e. The van der Waals surface area contributed by atoms with E-state index in [-0.39, 0.29) is 28.7 Å². The molecule has 0 fully saturated rings. The van der Waals surface area contributed by atoms with E-state index < -0.39 is 0 Å². The van der Waals surface area contributed by atoms with Gasteiger partial charge in [-0.05, 0) is 81.6 Å². The Bertz CT molecular complexity index is 1720. The number of para-hydroxylation sites is 3. The lowest BCUT2D eigenvalue weighted by Crippen LogP contribution is -1.98. The number of hydrogen-bond donors (Lipinski definition) is 5. The van der Waals surface area contributed by atoms with Crippen molar-refractivity contribution in [2.24, 2.45) is 0 Å². The van der Waals surface area contributed by atoms with Gasteiger partial charge >= 0.3 is 0 Å². The summed E-state index contributed by atoms with van der Waals surface area (Å²) in [6.45, 7) is 3.69. The van der Waals surface area contributed by atoms with Gasteiger partial charge in [-0.1, -0.05) is 78.9 Å². The fraction of sp³-hybridized carbons (Fsp3) is 0.167. The lowest BCUT2D eigenvalue weighted by atomic mass is 9.94. The average molecular weight is 547 g/mol. The molecule has 0 saturated carbocycles. The van der Waals surface area contributed by atoms with Crippen molar-refractivity contribution in [2.45, 2.75) is 39.5 Å². The topological polar surface area (TPSA) is 101 Å². The molecule has 5 aromatic rings. The third-order valence-electron chi connectivity index (χ3n) is 7.68. The quantitative estimate of drug-likeness (QED) is 0.142. The van der Waals surface area contributed by atoms with Crippen LogP contribution in [-0.4, -0.2) is 25.5 Å². The van der Waals surface area contributed by atoms with Crippen molar-refractivity contribution < 1.29 is 25.5 Å². The van der Waals surface area contributed by atoms with Crippen LogP contribution in [0.4, 0.5) is 0 Å². The van der Waals surface area contributed by atoms with Crippen LogP contribution < -0.4 is 0 Å². The van der Waals surface area contributed by atoms with Gasteiger partial charge in [-0.15, -0.1) is 0 Å². The molecule has 5 heteroatoms. The van der Waals surface area contributed by atoms with Crippen molar-refractivity contribution in [3.63, 3.8) is 0 Å². The standard InChI is InChI=1S/C36H34O5/c1-22-6-3-7-28(34(22)39)20-29-10-5-11-30(36(29)41)21-31-19-25(13-15-33(31)38)18-27-9-4-8-26(35(27)40)17-24-12-14-32(37)23(2)16-24/h3-16,19,37-41H,17-18,20-21H2,1-2H3. The van der Waals surface area contributed by atoms with Crippen LogP contribution in [0.3, 0.4) is 0 Å². The highest BCUT2D eigenvalue weighted by Crippen LogP contribution is 2.33. The molecule has 5 nitrogen and oxygen atoms in total. The van der Waals surface area contributed by atoms with Gasteiger partial charge in [0.05, 0.1) is 0 Å². The first-order chi connectivity index (χ1) is 19.7. The molecule has 0 aliphatic heterocycles. The van der Waals surface area contributed by atoms with E-state index in [1.54, 1.807) is 12.1 Å². The summed E-state index contributed by atoms with van der Waals surface area (Å²) < 4.78 is 0. The summed E-state index contributed by atoms with van der Waals surface area (Å²) in [5.41, 5.74) is 7.86. The van der Waals surface area contributed by atoms with Crippen LogP contribution in [0, 0.1) is 13.8 Å². The van der Waals surface area contributed by atoms with Crippen LogP contribution in [0.25, 0.3) is 0 Å². The number of phenols is 5. The number of benzene rings is 5. The molecule has 5 aromatic carbocycles. The molecule has 0 saturated heterocycles. The molecular weight excluding hydrogens is 512 g/mol. The number of rotatable bonds is 8. The maximum Gasteiger partial charge on any atom is 0.122 e. The van der Waals surface area contributed by atoms with Crippen LogP contribution in [0.2, 0.25) is 0 Å². The van der Waals surface area contributed by atoms with Crippen molar-refractivity contribution in [1.82, 2.24) is 0 Å². The number of aryl methyl sites for hydroxylation is 2. The molecule has 0 aromatic heterocycles. The SMILES string of the molecule is Cc1cc(Cc2cccc(Cc3ccc(O)c(Cc4cccc(Cc5cccc(C)c5O)c4O)c3)c2O)ccc1O. The number of aromatic hydroxyl groups is 5. The van der Waals surface area contributed by atoms with E-state index in [2.05, 4.69) is 0 Å². The number of hydrogen-bond acceptors (Lipinski definition) is 5. The van der Waals surface area contributed by atoms with Gasteiger partial charge in [-0.25, -0.2) is 0 Å². The smallest absolute Gasteiger partial charge is 0.122 e. The van der Waals surface area contributed by atoms with Crippen molar-refractivity contribution in [1.29, 1.82) is 0 Å². The predicted octanol–water partition coefficient (Wildman–Crippen LogP) is 7.19. The molecular formula is C36H34O5. The molecule has 0 atom stereocenters. The van der Waals surface area contributed by atoms with E-state index in [0.29, 0.717) is 42.4 Å². The molecule has 5 rings (SSSR count). The van der Waals surface area contributed by atoms with Gasteiger partial charge in [0.25, 0.3) is 0 Å². The van der Waals surface area contributed by atoms with Gasteiger partial charge in [0.1, 0.15) is 28.7 Å². The molecule has 0 spiro atoms. The third kappa shape index (κ3) is 6.15. The normalized spacial score (nSPS) is 11.1. The highest BCUT2D eigenvalue weighted by atomic mass is 16.3. The van der Waals surface area contributed by atoms with Crippen molar-refractivity contribution in [2.75, 3.05) is 0 Å². The maximum absolute atomic E-state index is 11.1. The summed E-state index contributed by atoms with van der Waals surface area (Å²) in [7, 11) is 0. The first-order valence-electron chi connectivity index (χ1n) is 13.7. The zero-order valence-electron chi connectivity index (χ0n) is 23.2. The van der Waals surface area contributed by atoms with Gasteiger partial charge in [0.15, 0.2) is 0 Å². The number of phenolic OH excluding ortho intramolecular Hbond substituents is 5. The molecule has 0 bridgehead atoms. The van der Waals surface area contributed by atoms with Gasteiger partial charge in [0, 0.05) is 25.7 Å². The Balaban J connectivity index is 1.36. The maximum atomic E-state index is 11.1. The monoisotopic (exact) mass is 546 g/mol. The largest absolute Gasteiger partial charge is 0.508 e. The van der Waals surface area contributed by atoms with E-state index >= 15 is 0 Å². The molecule has 0 unspecified atom stereocenters. The Hall–Kier alpha value is -4.90. The zero-order chi connectivity index (χ0) is 29.1. The summed E-state index contributed by atoms with van der Waals surface area (Å²) in [4.78, 5) is 0. The summed E-state index contributed by atoms with van der Waals surface area (Å²) in [5, 5.41) is 53.1. The molecule has 0 amide bonds. The molecule has 5 N–H and O–H groups in total. The summed E-state index contributed by atoms with van der Waals surface area (Å²) in [5.74, 6) is 0.995. The molecule has 0 aliphatic rings. The molecule has 0 aliphatic carbocycles. The lowest BCUT2D eigenvalue weighted by Gasteiger charge is -2.14. The van der Waals surface area contributed by atoms with Crippen molar-refractivity contribution in [3.8, 4) is 28.7 Å². The van der Waals surface area contributed by atoms with Crippen LogP contribution in [-0.2, 0) is 25.7 Å². The Morgan fingerprint density at radius 3 is 1.39 bits per heavy atom. The average Bonchev–Trinajstić information content (AvgIpc) is 2.95. The van der Waals surface area contributed by atoms with Crippen LogP contribution >= 0.6 is 0 Å². The zero-order valence-corrected chi connectivity index (χ0v) is 23.2. The highest BCUT2D eigenvalue weighted by molar-refractivity contribution is 5.51. The van der Waals surface area contributed by atoms with Gasteiger partial charge in [-0.2, -0.15) is 0 Å². The predicted molar refractivity (Wildman–Crippen MR) is 161 cm³/mol. The van der Waals surface area contributed by atoms with Gasteiger partial charge in [-0.3, -0.25) is 0 Å². The second kappa shape index (κ2) is 11.7. The van der Waals surface area contributed by atoms with E-state index in [0.717, 1.165) is 38.9 Å². The van der Waals surface area contributed by atoms with Crippen molar-refractivity contribution >= 4 is 0 Å². The van der Waals surface area contributed by atoms with Crippen LogP contribution in [0.5, 0.6) is 28.7 Å². The fourth-order valence-corrected chi connectivity index (χ4v) is 5.29. The summed E-state index contributed by atoms with van der Waals surface area (Å²) in [6, 6.07) is 27.7. The second-order valence-corrected chi connectivity index (χ2v) is 10.7. The minimum absolute atomic E-state index is 0.135. The first kappa shape index (κ1) is 27.7. The fourth-order valence-electron chi connectivity index (χ4n) is 5.29. The molecule has 208 valence electrons.